The average molecular weight is 412 g/mol. The lowest BCUT2D eigenvalue weighted by molar-refractivity contribution is 0.00590. The second-order valence-electron chi connectivity index (χ2n) is 7.29. The number of ether oxygens (including phenoxy) is 2. The first-order chi connectivity index (χ1) is 13.9. The lowest BCUT2D eigenvalue weighted by atomic mass is 9.83. The van der Waals surface area contributed by atoms with Crippen LogP contribution in [0.3, 0.4) is 0 Å². The average Bonchev–Trinajstić information content (AvgIpc) is 2.74. The number of rotatable bonds is 3. The molecule has 0 N–H and O–H groups in total. The SMILES string of the molecule is COc1ccc(S(=O)(=O)N2CCC3(CC2)CC(=O)c2cc(C#N)ccc2O3)cc1. The van der Waals surface area contributed by atoms with Gasteiger partial charge in [-0.15, -0.1) is 0 Å². The summed E-state index contributed by atoms with van der Waals surface area (Å²) in [5, 5.41) is 9.02. The Morgan fingerprint density at radius 2 is 1.83 bits per heavy atom. The van der Waals surface area contributed by atoms with Gasteiger partial charge >= 0.3 is 0 Å². The Morgan fingerprint density at radius 1 is 1.14 bits per heavy atom. The van der Waals surface area contributed by atoms with Crippen LogP contribution in [0.15, 0.2) is 47.4 Å². The zero-order valence-corrected chi connectivity index (χ0v) is 16.7. The molecule has 2 aromatic carbocycles. The summed E-state index contributed by atoms with van der Waals surface area (Å²) in [7, 11) is -2.10. The van der Waals surface area contributed by atoms with Gasteiger partial charge in [0, 0.05) is 25.9 Å². The smallest absolute Gasteiger partial charge is 0.243 e. The van der Waals surface area contributed by atoms with E-state index in [2.05, 4.69) is 0 Å². The predicted octanol–water partition coefficient (Wildman–Crippen LogP) is 2.76. The number of ketones is 1. The highest BCUT2D eigenvalue weighted by molar-refractivity contribution is 7.89. The molecule has 1 saturated heterocycles. The van der Waals surface area contributed by atoms with Gasteiger partial charge in [-0.2, -0.15) is 9.57 Å². The van der Waals surface area contributed by atoms with Crippen molar-refractivity contribution in [2.45, 2.75) is 29.8 Å². The second kappa shape index (κ2) is 7.17. The monoisotopic (exact) mass is 412 g/mol. The van der Waals surface area contributed by atoms with Crippen molar-refractivity contribution in [2.24, 2.45) is 0 Å². The molecule has 2 aliphatic heterocycles. The van der Waals surface area contributed by atoms with Crippen LogP contribution in [0, 0.1) is 11.3 Å². The van der Waals surface area contributed by atoms with Crippen molar-refractivity contribution in [3.63, 3.8) is 0 Å². The molecule has 7 nitrogen and oxygen atoms in total. The zero-order chi connectivity index (χ0) is 20.6. The van der Waals surface area contributed by atoms with Gasteiger partial charge in [-0.25, -0.2) is 8.42 Å². The summed E-state index contributed by atoms with van der Waals surface area (Å²) in [6.07, 6.45) is 1.03. The highest BCUT2D eigenvalue weighted by Crippen LogP contribution is 2.40. The van der Waals surface area contributed by atoms with E-state index in [0.29, 0.717) is 35.5 Å². The van der Waals surface area contributed by atoms with Crippen LogP contribution in [0.1, 0.15) is 35.2 Å². The molecule has 0 atom stereocenters. The van der Waals surface area contributed by atoms with Crippen molar-refractivity contribution in [3.8, 4) is 17.6 Å². The van der Waals surface area contributed by atoms with Crippen LogP contribution in [0.2, 0.25) is 0 Å². The molecule has 0 radical (unpaired) electrons. The molecular formula is C21H20N2O5S. The maximum Gasteiger partial charge on any atom is 0.243 e. The summed E-state index contributed by atoms with van der Waals surface area (Å²) in [4.78, 5) is 12.9. The Labute approximate surface area is 169 Å². The van der Waals surface area contributed by atoms with E-state index in [1.807, 2.05) is 6.07 Å². The summed E-state index contributed by atoms with van der Waals surface area (Å²) < 4.78 is 38.5. The Morgan fingerprint density at radius 3 is 2.45 bits per heavy atom. The Bertz CT molecular complexity index is 1090. The third-order valence-electron chi connectivity index (χ3n) is 5.55. The van der Waals surface area contributed by atoms with Crippen molar-refractivity contribution in [3.05, 3.63) is 53.6 Å². The molecule has 0 aromatic heterocycles. The number of hydrogen-bond donors (Lipinski definition) is 0. The molecule has 0 unspecified atom stereocenters. The molecule has 2 heterocycles. The van der Waals surface area contributed by atoms with E-state index in [1.54, 1.807) is 30.3 Å². The number of carbonyl (C=O) groups excluding carboxylic acids is 1. The number of nitriles is 1. The fourth-order valence-corrected chi connectivity index (χ4v) is 5.31. The van der Waals surface area contributed by atoms with Crippen LogP contribution in [0.25, 0.3) is 0 Å². The lowest BCUT2D eigenvalue weighted by Gasteiger charge is -2.43. The summed E-state index contributed by atoms with van der Waals surface area (Å²) in [5.41, 5.74) is 0.129. The number of nitrogens with zero attached hydrogens (tertiary/aromatic N) is 2. The molecule has 8 heteroatoms. The molecule has 29 heavy (non-hydrogen) atoms. The van der Waals surface area contributed by atoms with Crippen molar-refractivity contribution < 1.29 is 22.7 Å². The zero-order valence-electron chi connectivity index (χ0n) is 15.9. The lowest BCUT2D eigenvalue weighted by Crippen LogP contribution is -2.52. The number of Topliss-reactive ketones (excluding diaryl/α,β-unsaturated/α-hetero) is 1. The van der Waals surface area contributed by atoms with E-state index in [9.17, 15) is 13.2 Å². The van der Waals surface area contributed by atoms with Gasteiger partial charge in [-0.05, 0) is 42.5 Å². The summed E-state index contributed by atoms with van der Waals surface area (Å²) in [6, 6.07) is 13.1. The quantitative estimate of drug-likeness (QED) is 0.769. The van der Waals surface area contributed by atoms with E-state index < -0.39 is 15.6 Å². The third-order valence-corrected chi connectivity index (χ3v) is 7.46. The topological polar surface area (TPSA) is 96.7 Å². The van der Waals surface area contributed by atoms with Gasteiger partial charge in [0.15, 0.2) is 5.78 Å². The van der Waals surface area contributed by atoms with Crippen LogP contribution >= 0.6 is 0 Å². The molecule has 0 aliphatic carbocycles. The molecule has 0 amide bonds. The minimum absolute atomic E-state index is 0.0742. The maximum absolute atomic E-state index is 12.9. The first-order valence-corrected chi connectivity index (χ1v) is 10.7. The molecule has 1 spiro atoms. The number of fused-ring (bicyclic) bond motifs is 1. The fraction of sp³-hybridized carbons (Fsp3) is 0.333. The molecule has 2 aromatic rings. The molecular weight excluding hydrogens is 392 g/mol. The van der Waals surface area contributed by atoms with Gasteiger partial charge in [0.1, 0.15) is 17.1 Å². The van der Waals surface area contributed by atoms with Gasteiger partial charge in [-0.3, -0.25) is 4.79 Å². The maximum atomic E-state index is 12.9. The van der Waals surface area contributed by atoms with Crippen LogP contribution in [-0.4, -0.2) is 44.3 Å². The van der Waals surface area contributed by atoms with Crippen molar-refractivity contribution in [1.29, 1.82) is 5.26 Å². The molecule has 0 saturated carbocycles. The number of benzene rings is 2. The van der Waals surface area contributed by atoms with Gasteiger partial charge in [0.05, 0.1) is 35.6 Å². The van der Waals surface area contributed by atoms with Gasteiger partial charge in [0.2, 0.25) is 10.0 Å². The fourth-order valence-electron chi connectivity index (χ4n) is 3.87. The predicted molar refractivity (Wildman–Crippen MR) is 104 cm³/mol. The van der Waals surface area contributed by atoms with E-state index in [4.69, 9.17) is 14.7 Å². The van der Waals surface area contributed by atoms with Gasteiger partial charge in [-0.1, -0.05) is 0 Å². The summed E-state index contributed by atoms with van der Waals surface area (Å²) in [6.45, 7) is 0.542. The molecule has 150 valence electrons. The number of carbonyl (C=O) groups is 1. The molecule has 2 aliphatic rings. The van der Waals surface area contributed by atoms with Crippen LogP contribution in [0.5, 0.6) is 11.5 Å². The van der Waals surface area contributed by atoms with Crippen molar-refractivity contribution >= 4 is 15.8 Å². The van der Waals surface area contributed by atoms with Crippen LogP contribution in [0.4, 0.5) is 0 Å². The van der Waals surface area contributed by atoms with Crippen LogP contribution in [-0.2, 0) is 10.0 Å². The molecule has 0 bridgehead atoms. The Balaban J connectivity index is 1.51. The Hall–Kier alpha value is -2.89. The first kappa shape index (κ1) is 19.4. The Kier molecular flexibility index (Phi) is 4.81. The highest BCUT2D eigenvalue weighted by atomic mass is 32.2. The van der Waals surface area contributed by atoms with Crippen molar-refractivity contribution in [2.75, 3.05) is 20.2 Å². The summed E-state index contributed by atoms with van der Waals surface area (Å²) >= 11 is 0. The number of sulfonamides is 1. The minimum Gasteiger partial charge on any atom is -0.497 e. The molecule has 4 rings (SSSR count). The normalized spacial score (nSPS) is 18.6. The van der Waals surface area contributed by atoms with E-state index >= 15 is 0 Å². The third kappa shape index (κ3) is 3.48. The number of hydrogen-bond acceptors (Lipinski definition) is 6. The number of piperidine rings is 1. The van der Waals surface area contributed by atoms with Gasteiger partial charge in [0.25, 0.3) is 0 Å². The van der Waals surface area contributed by atoms with Crippen LogP contribution < -0.4 is 9.47 Å². The molecule has 1 fully saturated rings. The number of methoxy groups -OCH3 is 1. The minimum atomic E-state index is -3.62. The summed E-state index contributed by atoms with van der Waals surface area (Å²) in [5.74, 6) is 0.982. The highest BCUT2D eigenvalue weighted by Gasteiger charge is 2.45. The van der Waals surface area contributed by atoms with E-state index in [-0.39, 0.29) is 30.2 Å². The van der Waals surface area contributed by atoms with E-state index in [0.717, 1.165) is 0 Å². The standard InChI is InChI=1S/C21H20N2O5S/c1-27-16-3-5-17(6-4-16)29(25,26)23-10-8-21(9-11-23)13-19(24)18-12-15(14-22)2-7-20(18)28-21/h2-7,12H,8-11,13H2,1H3. The van der Waals surface area contributed by atoms with Gasteiger partial charge < -0.3 is 9.47 Å². The second-order valence-corrected chi connectivity index (χ2v) is 9.23. The largest absolute Gasteiger partial charge is 0.497 e. The van der Waals surface area contributed by atoms with Crippen molar-refractivity contribution in [1.82, 2.24) is 4.31 Å². The van der Waals surface area contributed by atoms with E-state index in [1.165, 1.54) is 23.5 Å². The first-order valence-electron chi connectivity index (χ1n) is 9.27.